The van der Waals surface area contributed by atoms with Gasteiger partial charge in [-0.15, -0.1) is 0 Å². The molecule has 0 bridgehead atoms. The van der Waals surface area contributed by atoms with Crippen LogP contribution in [0.4, 0.5) is 30.7 Å². The first kappa shape index (κ1) is 30.8. The smallest absolute Gasteiger partial charge is 0.429 e. The number of hydrogen-bond acceptors (Lipinski definition) is 3. The summed E-state index contributed by atoms with van der Waals surface area (Å²) in [4.78, 5) is 3.44. The second-order valence-corrected chi connectivity index (χ2v) is 8.78. The molecule has 4 aromatic rings. The molecule has 0 saturated heterocycles. The summed E-state index contributed by atoms with van der Waals surface area (Å²) in [5, 5.41) is 6.63. The van der Waals surface area contributed by atoms with Crippen molar-refractivity contribution < 1.29 is 35.5 Å². The van der Waals surface area contributed by atoms with Crippen molar-refractivity contribution in [1.29, 1.82) is 5.41 Å². The lowest BCUT2D eigenvalue weighted by Gasteiger charge is -2.19. The van der Waals surface area contributed by atoms with Crippen molar-refractivity contribution in [3.8, 4) is 28.0 Å². The second-order valence-electron chi connectivity index (χ2n) is 8.78. The van der Waals surface area contributed by atoms with Crippen LogP contribution in [-0.4, -0.2) is 12.9 Å². The lowest BCUT2D eigenvalue weighted by molar-refractivity contribution is -0.187. The molecule has 0 aromatic heterocycles. The van der Waals surface area contributed by atoms with Crippen LogP contribution in [0.25, 0.3) is 22.3 Å². The molecule has 0 atom stereocenters. The maximum atomic E-state index is 14.8. The Morgan fingerprint density at radius 3 is 1.85 bits per heavy atom. The first-order valence-corrected chi connectivity index (χ1v) is 11.9. The zero-order valence-electron chi connectivity index (χ0n) is 21.8. The van der Waals surface area contributed by atoms with Crippen LogP contribution in [0, 0.1) is 41.4 Å². The van der Waals surface area contributed by atoms with E-state index in [-0.39, 0.29) is 23.3 Å². The summed E-state index contributed by atoms with van der Waals surface area (Å²) < 4.78 is 102. The van der Waals surface area contributed by atoms with Gasteiger partial charge in [-0.05, 0) is 61.0 Å². The van der Waals surface area contributed by atoms with Gasteiger partial charge in [0.1, 0.15) is 17.4 Å². The Bertz CT molecular complexity index is 1580. The molecule has 3 nitrogen and oxygen atoms in total. The monoisotopic (exact) mass is 572 g/mol. The van der Waals surface area contributed by atoms with Crippen LogP contribution >= 0.6 is 0 Å². The minimum Gasteiger partial charge on any atom is -0.429 e. The number of benzene rings is 4. The molecule has 10 heteroatoms. The number of alkyl halides is 2. The van der Waals surface area contributed by atoms with Crippen molar-refractivity contribution in [3.63, 3.8) is 0 Å². The summed E-state index contributed by atoms with van der Waals surface area (Å²) in [6.45, 7) is 6.93. The Labute approximate surface area is 231 Å². The highest BCUT2D eigenvalue weighted by atomic mass is 19.3. The van der Waals surface area contributed by atoms with Gasteiger partial charge < -0.3 is 10.1 Å². The minimum atomic E-state index is -4.35. The highest BCUT2D eigenvalue weighted by Gasteiger charge is 2.38. The molecule has 0 aliphatic rings. The number of hydrogen-bond donors (Lipinski definition) is 1. The molecule has 0 spiro atoms. The Morgan fingerprint density at radius 1 is 0.780 bits per heavy atom. The summed E-state index contributed by atoms with van der Waals surface area (Å²) in [7, 11) is 0. The molecule has 0 radical (unpaired) electrons. The first-order chi connectivity index (χ1) is 19.4. The van der Waals surface area contributed by atoms with E-state index in [0.29, 0.717) is 17.7 Å². The molecule has 0 saturated carbocycles. The van der Waals surface area contributed by atoms with E-state index in [9.17, 15) is 30.7 Å². The lowest BCUT2D eigenvalue weighted by Crippen LogP contribution is -2.23. The van der Waals surface area contributed by atoms with Crippen LogP contribution in [0.15, 0.2) is 89.6 Å². The van der Waals surface area contributed by atoms with Gasteiger partial charge in [-0.25, -0.2) is 22.0 Å². The van der Waals surface area contributed by atoms with E-state index in [0.717, 1.165) is 22.8 Å². The lowest BCUT2D eigenvalue weighted by atomic mass is 9.98. The van der Waals surface area contributed by atoms with Crippen LogP contribution < -0.4 is 4.74 Å². The molecular weight excluding hydrogens is 549 g/mol. The molecule has 4 rings (SSSR count). The zero-order valence-corrected chi connectivity index (χ0v) is 21.8. The number of aryl methyl sites for hydroxylation is 1. The number of aliphatic imine (C=N–C) groups is 1. The van der Waals surface area contributed by atoms with Crippen LogP contribution in [0.1, 0.15) is 18.1 Å². The molecule has 4 aromatic carbocycles. The highest BCUT2D eigenvalue weighted by molar-refractivity contribution is 5.74. The van der Waals surface area contributed by atoms with Crippen molar-refractivity contribution in [2.75, 3.05) is 0 Å². The Morgan fingerprint density at radius 2 is 1.34 bits per heavy atom. The molecule has 0 fully saturated rings. The Kier molecular flexibility index (Phi) is 9.83. The number of allylic oxidation sites excluding steroid dienone is 1. The molecule has 1 N–H and O–H groups in total. The SMILES string of the molecule is C=N/C=C(/C)C=N.Cc1ccc(-c2ccc(-c3ccc(C(F)(F)Oc4cc(F)c(F)c(F)c4)c(F)c3)c(F)c2)cc1. The summed E-state index contributed by atoms with van der Waals surface area (Å²) in [5.74, 6) is -8.51. The van der Waals surface area contributed by atoms with Crippen LogP contribution in [0.5, 0.6) is 5.75 Å². The maximum absolute atomic E-state index is 14.8. The standard InChI is InChI=1S/C26H15F7O.C5H8N2/c1-14-2-4-15(5-3-14)16-6-8-19(21(27)10-16)17-7-9-20(22(28)11-17)26(32,33)34-18-12-23(29)25(31)24(30)13-18;1-5(3-6)4-7-2/h2-13H,1H3;3-4,6H,2H2,1H3/b;5-4-,6-3?. The maximum Gasteiger partial charge on any atom is 0.429 e. The highest BCUT2D eigenvalue weighted by Crippen LogP contribution is 2.36. The summed E-state index contributed by atoms with van der Waals surface area (Å²) in [5.41, 5.74) is 1.91. The van der Waals surface area contributed by atoms with E-state index in [1.54, 1.807) is 13.0 Å². The zero-order chi connectivity index (χ0) is 30.3. The number of nitrogens with one attached hydrogen (secondary N) is 1. The van der Waals surface area contributed by atoms with Crippen LogP contribution in [-0.2, 0) is 6.11 Å². The van der Waals surface area contributed by atoms with Crippen LogP contribution in [0.2, 0.25) is 0 Å². The normalized spacial score (nSPS) is 11.4. The fourth-order valence-electron chi connectivity index (χ4n) is 3.57. The van der Waals surface area contributed by atoms with Crippen molar-refractivity contribution in [3.05, 3.63) is 125 Å². The molecule has 212 valence electrons. The summed E-state index contributed by atoms with van der Waals surface area (Å²) >= 11 is 0. The average molecular weight is 573 g/mol. The van der Waals surface area contributed by atoms with Crippen molar-refractivity contribution in [1.82, 2.24) is 0 Å². The Hall–Kier alpha value is -4.73. The van der Waals surface area contributed by atoms with E-state index >= 15 is 0 Å². The predicted molar refractivity (Wildman–Crippen MR) is 145 cm³/mol. The third-order valence-corrected chi connectivity index (χ3v) is 5.67. The van der Waals surface area contributed by atoms with Crippen molar-refractivity contribution in [2.45, 2.75) is 20.0 Å². The molecule has 41 heavy (non-hydrogen) atoms. The number of halogens is 7. The fraction of sp³-hybridized carbons (Fsp3) is 0.0968. The van der Waals surface area contributed by atoms with Gasteiger partial charge in [0.2, 0.25) is 0 Å². The van der Waals surface area contributed by atoms with E-state index in [4.69, 9.17) is 5.41 Å². The molecular formula is C31H23F7N2O. The van der Waals surface area contributed by atoms with Gasteiger partial charge in [-0.2, -0.15) is 8.78 Å². The van der Waals surface area contributed by atoms with Crippen LogP contribution in [0.3, 0.4) is 0 Å². The third-order valence-electron chi connectivity index (χ3n) is 5.67. The summed E-state index contributed by atoms with van der Waals surface area (Å²) in [6, 6.07) is 14.5. The largest absolute Gasteiger partial charge is 0.429 e. The Balaban J connectivity index is 0.000000587. The molecule has 0 amide bonds. The fourth-order valence-corrected chi connectivity index (χ4v) is 3.57. The third kappa shape index (κ3) is 7.69. The van der Waals surface area contributed by atoms with E-state index < -0.39 is 46.5 Å². The summed E-state index contributed by atoms with van der Waals surface area (Å²) in [6.07, 6.45) is -1.59. The van der Waals surface area contributed by atoms with E-state index in [1.807, 2.05) is 31.2 Å². The average Bonchev–Trinajstić information content (AvgIpc) is 2.92. The van der Waals surface area contributed by atoms with Gasteiger partial charge in [0.25, 0.3) is 0 Å². The number of ether oxygens (including phenoxy) is 1. The van der Waals surface area contributed by atoms with Gasteiger partial charge >= 0.3 is 6.11 Å². The molecule has 0 heterocycles. The molecule has 0 unspecified atom stereocenters. The number of nitrogens with zero attached hydrogens (tertiary/aromatic N) is 1. The molecule has 0 aliphatic heterocycles. The van der Waals surface area contributed by atoms with Gasteiger partial charge in [0, 0.05) is 30.1 Å². The minimum absolute atomic E-state index is 0.0103. The van der Waals surface area contributed by atoms with Gasteiger partial charge in [-0.1, -0.05) is 48.0 Å². The van der Waals surface area contributed by atoms with Crippen molar-refractivity contribution in [2.24, 2.45) is 4.99 Å². The number of rotatable bonds is 7. The van der Waals surface area contributed by atoms with E-state index in [2.05, 4.69) is 16.4 Å². The van der Waals surface area contributed by atoms with E-state index in [1.165, 1.54) is 24.5 Å². The predicted octanol–water partition coefficient (Wildman–Crippen LogP) is 9.39. The quantitative estimate of drug-likeness (QED) is 0.134. The second kappa shape index (κ2) is 13.1. The van der Waals surface area contributed by atoms with Gasteiger partial charge in [0.05, 0.1) is 5.56 Å². The van der Waals surface area contributed by atoms with Gasteiger partial charge in [0.15, 0.2) is 17.5 Å². The first-order valence-electron chi connectivity index (χ1n) is 11.9. The molecule has 0 aliphatic carbocycles. The van der Waals surface area contributed by atoms with Gasteiger partial charge in [-0.3, -0.25) is 4.99 Å². The van der Waals surface area contributed by atoms with Crippen molar-refractivity contribution >= 4 is 12.9 Å². The topological polar surface area (TPSA) is 45.4 Å².